The summed E-state index contributed by atoms with van der Waals surface area (Å²) in [6.45, 7) is 5.51. The molecule has 2 amide bonds. The molecule has 1 aliphatic rings. The molecule has 1 aromatic heterocycles. The van der Waals surface area contributed by atoms with Crippen molar-refractivity contribution in [1.82, 2.24) is 5.32 Å². The maximum Gasteiger partial charge on any atom is 0.339 e. The molecule has 1 unspecified atom stereocenters. The highest BCUT2D eigenvalue weighted by Gasteiger charge is 2.24. The Kier molecular flexibility index (Phi) is 6.69. The van der Waals surface area contributed by atoms with E-state index in [0.29, 0.717) is 17.2 Å². The van der Waals surface area contributed by atoms with Crippen LogP contribution in [-0.2, 0) is 27.2 Å². The van der Waals surface area contributed by atoms with Crippen LogP contribution in [-0.4, -0.2) is 30.9 Å². The number of rotatable bonds is 6. The van der Waals surface area contributed by atoms with E-state index in [0.717, 1.165) is 36.0 Å². The van der Waals surface area contributed by atoms with Crippen LogP contribution in [0.2, 0.25) is 0 Å². The lowest BCUT2D eigenvalue weighted by atomic mass is 9.88. The summed E-state index contributed by atoms with van der Waals surface area (Å²) in [6.07, 6.45) is 2.92. The largest absolute Gasteiger partial charge is 0.452 e. The monoisotopic (exact) mass is 414 g/mol. The van der Waals surface area contributed by atoms with Crippen molar-refractivity contribution >= 4 is 34.8 Å². The summed E-state index contributed by atoms with van der Waals surface area (Å²) in [5, 5.41) is 7.07. The lowest BCUT2D eigenvalue weighted by Crippen LogP contribution is -2.35. The van der Waals surface area contributed by atoms with Gasteiger partial charge in [-0.25, -0.2) is 4.79 Å². The molecule has 3 rings (SSSR count). The summed E-state index contributed by atoms with van der Waals surface area (Å²) < 4.78 is 5.15. The number of ether oxygens (including phenoxy) is 1. The normalized spacial score (nSPS) is 15.3. The molecule has 2 aromatic rings. The van der Waals surface area contributed by atoms with E-state index in [-0.39, 0.29) is 12.5 Å². The van der Waals surface area contributed by atoms with Gasteiger partial charge in [-0.3, -0.25) is 9.59 Å². The van der Waals surface area contributed by atoms with Gasteiger partial charge in [0.1, 0.15) is 0 Å². The van der Waals surface area contributed by atoms with Crippen molar-refractivity contribution in [3.05, 3.63) is 50.7 Å². The Labute approximate surface area is 174 Å². The molecule has 29 heavy (non-hydrogen) atoms. The Morgan fingerprint density at radius 3 is 2.79 bits per heavy atom. The van der Waals surface area contributed by atoms with Crippen molar-refractivity contribution in [1.29, 1.82) is 0 Å². The molecule has 1 atom stereocenters. The molecule has 6 nitrogen and oxygen atoms in total. The molecule has 1 aromatic carbocycles. The molecule has 1 aliphatic carbocycles. The maximum atomic E-state index is 12.3. The topological polar surface area (TPSA) is 84.5 Å². The van der Waals surface area contributed by atoms with E-state index in [9.17, 15) is 14.4 Å². The molecule has 0 spiro atoms. The third-order valence-corrected chi connectivity index (χ3v) is 6.33. The van der Waals surface area contributed by atoms with Gasteiger partial charge in [-0.2, -0.15) is 0 Å². The highest BCUT2D eigenvalue weighted by Crippen LogP contribution is 2.33. The maximum absolute atomic E-state index is 12.3. The van der Waals surface area contributed by atoms with Crippen LogP contribution in [0.4, 0.5) is 5.69 Å². The van der Waals surface area contributed by atoms with Gasteiger partial charge < -0.3 is 15.4 Å². The quantitative estimate of drug-likeness (QED) is 0.710. The third-order valence-electron chi connectivity index (χ3n) is 5.28. The first-order valence-electron chi connectivity index (χ1n) is 9.74. The number of esters is 1. The van der Waals surface area contributed by atoms with Gasteiger partial charge in [0, 0.05) is 15.9 Å². The number of carbonyl (C=O) groups is 3. The molecule has 154 valence electrons. The number of thiophene rings is 1. The predicted octanol–water partition coefficient (Wildman–Crippen LogP) is 3.40. The van der Waals surface area contributed by atoms with Gasteiger partial charge in [-0.1, -0.05) is 19.1 Å². The van der Waals surface area contributed by atoms with E-state index in [4.69, 9.17) is 4.74 Å². The van der Waals surface area contributed by atoms with E-state index in [1.54, 1.807) is 11.3 Å². The number of benzene rings is 1. The number of amides is 2. The number of aryl methyl sites for hydroxylation is 1. The summed E-state index contributed by atoms with van der Waals surface area (Å²) in [7, 11) is 0. The molecule has 0 radical (unpaired) electrons. The minimum absolute atomic E-state index is 0.185. The fourth-order valence-corrected chi connectivity index (χ4v) is 4.60. The predicted molar refractivity (Wildman–Crippen MR) is 113 cm³/mol. The lowest BCUT2D eigenvalue weighted by Gasteiger charge is -2.18. The Morgan fingerprint density at radius 1 is 1.21 bits per heavy atom. The van der Waals surface area contributed by atoms with Crippen LogP contribution in [0, 0.1) is 19.8 Å². The number of anilines is 1. The van der Waals surface area contributed by atoms with Crippen molar-refractivity contribution in [3.8, 4) is 0 Å². The molecule has 0 saturated carbocycles. The van der Waals surface area contributed by atoms with Crippen molar-refractivity contribution in [2.45, 2.75) is 40.0 Å². The average Bonchev–Trinajstić information content (AvgIpc) is 3.11. The van der Waals surface area contributed by atoms with E-state index in [2.05, 4.69) is 17.6 Å². The first-order valence-corrected chi connectivity index (χ1v) is 10.6. The highest BCUT2D eigenvalue weighted by atomic mass is 32.1. The number of hydrogen-bond acceptors (Lipinski definition) is 5. The van der Waals surface area contributed by atoms with Crippen molar-refractivity contribution in [2.24, 2.45) is 5.92 Å². The van der Waals surface area contributed by atoms with Crippen molar-refractivity contribution in [3.63, 3.8) is 0 Å². The highest BCUT2D eigenvalue weighted by molar-refractivity contribution is 7.10. The average molecular weight is 415 g/mol. The molecule has 0 aliphatic heterocycles. The third kappa shape index (κ3) is 5.23. The fraction of sp³-hybridized carbons (Fsp3) is 0.409. The van der Waals surface area contributed by atoms with E-state index < -0.39 is 18.5 Å². The lowest BCUT2D eigenvalue weighted by molar-refractivity contribution is -0.126. The van der Waals surface area contributed by atoms with Crippen LogP contribution in [0.25, 0.3) is 0 Å². The SMILES string of the molecule is Cc1cccc(NC(=O)CNC(=O)COC(=O)c2csc3c2CCC(C)C3)c1C. The molecule has 1 heterocycles. The first kappa shape index (κ1) is 21.0. The summed E-state index contributed by atoms with van der Waals surface area (Å²) in [6, 6.07) is 5.64. The Bertz CT molecular complexity index is 935. The van der Waals surface area contributed by atoms with Crippen molar-refractivity contribution < 1.29 is 19.1 Å². The zero-order chi connectivity index (χ0) is 21.0. The minimum atomic E-state index is -0.507. The number of hydrogen-bond donors (Lipinski definition) is 2. The zero-order valence-corrected chi connectivity index (χ0v) is 17.8. The van der Waals surface area contributed by atoms with Gasteiger partial charge in [0.15, 0.2) is 6.61 Å². The molecule has 0 saturated heterocycles. The molecule has 2 N–H and O–H groups in total. The summed E-state index contributed by atoms with van der Waals surface area (Å²) in [5.74, 6) is -0.691. The number of carbonyl (C=O) groups excluding carboxylic acids is 3. The molecular weight excluding hydrogens is 388 g/mol. The van der Waals surface area contributed by atoms with Gasteiger partial charge in [-0.15, -0.1) is 11.3 Å². The fourth-order valence-electron chi connectivity index (χ4n) is 3.37. The molecular formula is C22H26N2O4S. The summed E-state index contributed by atoms with van der Waals surface area (Å²) >= 11 is 1.58. The Balaban J connectivity index is 1.45. The standard InChI is InChI=1S/C22H26N2O4S/c1-13-7-8-16-17(12-29-19(16)9-13)22(27)28-11-21(26)23-10-20(25)24-18-6-4-5-14(2)15(18)3/h4-6,12-13H,7-11H2,1-3H3,(H,23,26)(H,24,25). The van der Waals surface area contributed by atoms with Gasteiger partial charge in [0.2, 0.25) is 5.91 Å². The number of nitrogens with one attached hydrogen (secondary N) is 2. The van der Waals surface area contributed by atoms with Crippen LogP contribution in [0.3, 0.4) is 0 Å². The number of fused-ring (bicyclic) bond motifs is 1. The second-order valence-electron chi connectivity index (χ2n) is 7.55. The van der Waals surface area contributed by atoms with Crippen LogP contribution in [0.1, 0.15) is 45.3 Å². The first-order chi connectivity index (χ1) is 13.8. The van der Waals surface area contributed by atoms with Gasteiger partial charge in [0.25, 0.3) is 5.91 Å². The smallest absolute Gasteiger partial charge is 0.339 e. The van der Waals surface area contributed by atoms with Gasteiger partial charge >= 0.3 is 5.97 Å². The van der Waals surface area contributed by atoms with Gasteiger partial charge in [0.05, 0.1) is 12.1 Å². The van der Waals surface area contributed by atoms with E-state index in [1.807, 2.05) is 37.4 Å². The molecule has 7 heteroatoms. The van der Waals surface area contributed by atoms with Gasteiger partial charge in [-0.05, 0) is 61.8 Å². The second kappa shape index (κ2) is 9.22. The second-order valence-corrected chi connectivity index (χ2v) is 8.51. The van der Waals surface area contributed by atoms with Crippen LogP contribution in [0.5, 0.6) is 0 Å². The molecule has 0 fully saturated rings. The van der Waals surface area contributed by atoms with Crippen LogP contribution in [0.15, 0.2) is 23.6 Å². The van der Waals surface area contributed by atoms with Crippen LogP contribution >= 0.6 is 11.3 Å². The van der Waals surface area contributed by atoms with E-state index in [1.165, 1.54) is 4.88 Å². The Morgan fingerprint density at radius 2 is 2.00 bits per heavy atom. The van der Waals surface area contributed by atoms with E-state index >= 15 is 0 Å². The minimum Gasteiger partial charge on any atom is -0.452 e. The zero-order valence-electron chi connectivity index (χ0n) is 17.0. The summed E-state index contributed by atoms with van der Waals surface area (Å²) in [4.78, 5) is 37.6. The van der Waals surface area contributed by atoms with Crippen molar-refractivity contribution in [2.75, 3.05) is 18.5 Å². The van der Waals surface area contributed by atoms with Crippen LogP contribution < -0.4 is 10.6 Å². The molecule has 0 bridgehead atoms. The Hall–Kier alpha value is -2.67. The summed E-state index contributed by atoms with van der Waals surface area (Å²) in [5.41, 5.74) is 4.40.